The molecule has 0 radical (unpaired) electrons. The van der Waals surface area contributed by atoms with Crippen LogP contribution in [0.3, 0.4) is 0 Å². The van der Waals surface area contributed by atoms with Crippen molar-refractivity contribution in [3.05, 3.63) is 82.4 Å². The molecule has 0 amide bonds. The van der Waals surface area contributed by atoms with Crippen molar-refractivity contribution < 1.29 is 0 Å². The van der Waals surface area contributed by atoms with Gasteiger partial charge in [0, 0.05) is 5.92 Å². The Morgan fingerprint density at radius 2 is 1.54 bits per heavy atom. The zero-order chi connectivity index (χ0) is 18.7. The van der Waals surface area contributed by atoms with Crippen LogP contribution >= 0.6 is 24.0 Å². The minimum Gasteiger partial charge on any atom is -0.393 e. The number of hydrogen-bond donors (Lipinski definition) is 2. The third-order valence-corrected chi connectivity index (χ3v) is 6.31. The summed E-state index contributed by atoms with van der Waals surface area (Å²) < 4.78 is 0. The molecule has 1 aliphatic heterocycles. The van der Waals surface area contributed by atoms with Crippen LogP contribution in [0.5, 0.6) is 0 Å². The average Bonchev–Trinajstić information content (AvgIpc) is 2.68. The van der Waals surface area contributed by atoms with Gasteiger partial charge in [-0.15, -0.1) is 0 Å². The summed E-state index contributed by atoms with van der Waals surface area (Å²) in [4.78, 5) is 0.0652. The largest absolute Gasteiger partial charge is 0.393 e. The second-order valence-electron chi connectivity index (χ2n) is 5.99. The molecule has 6 heteroatoms. The van der Waals surface area contributed by atoms with Crippen LogP contribution in [-0.4, -0.2) is 4.99 Å². The van der Waals surface area contributed by atoms with E-state index in [2.05, 4.69) is 12.1 Å². The lowest BCUT2D eigenvalue weighted by Crippen LogP contribution is -2.46. The van der Waals surface area contributed by atoms with Gasteiger partial charge >= 0.3 is 0 Å². The lowest BCUT2D eigenvalue weighted by Gasteiger charge is -2.44. The molecule has 2 aromatic carbocycles. The number of thiocarbonyl (C=S) groups is 1. The van der Waals surface area contributed by atoms with Gasteiger partial charge in [0.15, 0.2) is 0 Å². The fourth-order valence-electron chi connectivity index (χ4n) is 3.41. The SMILES string of the molecule is N#CC1=C(N)SC(c2ccccc2)C(C#N)(C(N)=S)C1c1ccccc1. The van der Waals surface area contributed by atoms with E-state index >= 15 is 0 Å². The molecule has 4 N–H and O–H groups in total. The van der Waals surface area contributed by atoms with Crippen LogP contribution in [0.25, 0.3) is 0 Å². The van der Waals surface area contributed by atoms with Gasteiger partial charge in [-0.3, -0.25) is 0 Å². The van der Waals surface area contributed by atoms with E-state index in [9.17, 15) is 10.5 Å². The molecule has 0 saturated carbocycles. The molecule has 3 atom stereocenters. The Kier molecular flexibility index (Phi) is 4.99. The molecular weight excluding hydrogens is 360 g/mol. The van der Waals surface area contributed by atoms with E-state index in [0.29, 0.717) is 10.6 Å². The van der Waals surface area contributed by atoms with Gasteiger partial charge in [-0.25, -0.2) is 0 Å². The molecule has 0 saturated heterocycles. The van der Waals surface area contributed by atoms with Crippen LogP contribution < -0.4 is 11.5 Å². The highest BCUT2D eigenvalue weighted by molar-refractivity contribution is 8.03. The zero-order valence-corrected chi connectivity index (χ0v) is 15.4. The average molecular weight is 377 g/mol. The first-order valence-corrected chi connectivity index (χ1v) is 9.22. The van der Waals surface area contributed by atoms with Crippen LogP contribution in [0.15, 0.2) is 71.3 Å². The molecule has 0 aromatic heterocycles. The number of thioether (sulfide) groups is 1. The fourth-order valence-corrected chi connectivity index (χ4v) is 5.10. The Balaban J connectivity index is 2.34. The summed E-state index contributed by atoms with van der Waals surface area (Å²) in [5.74, 6) is -0.623. The third kappa shape index (κ3) is 2.74. The number of benzene rings is 2. The van der Waals surface area contributed by atoms with Crippen molar-refractivity contribution in [2.45, 2.75) is 11.2 Å². The van der Waals surface area contributed by atoms with Gasteiger partial charge in [0.25, 0.3) is 0 Å². The van der Waals surface area contributed by atoms with Crippen molar-refractivity contribution in [2.75, 3.05) is 0 Å². The molecule has 0 fully saturated rings. The van der Waals surface area contributed by atoms with E-state index in [0.717, 1.165) is 11.1 Å². The van der Waals surface area contributed by atoms with Crippen LogP contribution in [0.4, 0.5) is 0 Å². The molecule has 26 heavy (non-hydrogen) atoms. The van der Waals surface area contributed by atoms with Crippen LogP contribution in [0, 0.1) is 28.1 Å². The van der Waals surface area contributed by atoms with Gasteiger partial charge in [-0.05, 0) is 11.1 Å². The molecule has 2 aromatic rings. The number of hydrogen-bond acceptors (Lipinski definition) is 5. The maximum absolute atomic E-state index is 10.3. The number of allylic oxidation sites excluding steroid dienone is 1. The van der Waals surface area contributed by atoms with Gasteiger partial charge in [0.05, 0.1) is 33.0 Å². The molecule has 128 valence electrons. The quantitative estimate of drug-likeness (QED) is 0.792. The molecule has 1 aliphatic rings. The summed E-state index contributed by atoms with van der Waals surface area (Å²) in [6.07, 6.45) is 0. The van der Waals surface area contributed by atoms with Crippen molar-refractivity contribution >= 4 is 29.0 Å². The van der Waals surface area contributed by atoms with Gasteiger partial charge in [0.1, 0.15) is 5.41 Å². The first-order valence-electron chi connectivity index (χ1n) is 7.93. The van der Waals surface area contributed by atoms with Crippen LogP contribution in [0.1, 0.15) is 22.3 Å². The molecular formula is C20H16N4S2. The molecule has 0 aliphatic carbocycles. The molecule has 0 spiro atoms. The summed E-state index contributed by atoms with van der Waals surface area (Å²) in [6, 6.07) is 23.5. The fraction of sp³-hybridized carbons (Fsp3) is 0.150. The van der Waals surface area contributed by atoms with E-state index in [-0.39, 0.29) is 4.99 Å². The van der Waals surface area contributed by atoms with Crippen LogP contribution in [-0.2, 0) is 0 Å². The van der Waals surface area contributed by atoms with E-state index in [1.807, 2.05) is 60.7 Å². The number of nitrogens with two attached hydrogens (primary N) is 2. The summed E-state index contributed by atoms with van der Waals surface area (Å²) in [6.45, 7) is 0. The van der Waals surface area contributed by atoms with E-state index in [1.165, 1.54) is 11.8 Å². The maximum atomic E-state index is 10.3. The van der Waals surface area contributed by atoms with Crippen molar-refractivity contribution in [1.29, 1.82) is 10.5 Å². The van der Waals surface area contributed by atoms with E-state index in [1.54, 1.807) is 0 Å². The highest BCUT2D eigenvalue weighted by Crippen LogP contribution is 2.60. The highest BCUT2D eigenvalue weighted by atomic mass is 32.2. The Labute approximate surface area is 162 Å². The summed E-state index contributed by atoms with van der Waals surface area (Å²) in [5.41, 5.74) is 13.2. The molecule has 3 unspecified atom stereocenters. The van der Waals surface area contributed by atoms with E-state index in [4.69, 9.17) is 23.7 Å². The lowest BCUT2D eigenvalue weighted by molar-refractivity contribution is 0.462. The van der Waals surface area contributed by atoms with Crippen LogP contribution in [0.2, 0.25) is 0 Å². The highest BCUT2D eigenvalue weighted by Gasteiger charge is 2.55. The number of rotatable bonds is 3. The Morgan fingerprint density at radius 3 is 2.00 bits per heavy atom. The number of nitrogens with zero attached hydrogens (tertiary/aromatic N) is 2. The summed E-state index contributed by atoms with van der Waals surface area (Å²) in [5, 5.41) is 20.0. The predicted octanol–water partition coefficient (Wildman–Crippen LogP) is 3.75. The zero-order valence-electron chi connectivity index (χ0n) is 13.8. The second kappa shape index (κ2) is 7.21. The predicted molar refractivity (Wildman–Crippen MR) is 108 cm³/mol. The first-order chi connectivity index (χ1) is 12.6. The molecule has 4 nitrogen and oxygen atoms in total. The number of nitriles is 2. The van der Waals surface area contributed by atoms with Crippen molar-refractivity contribution in [2.24, 2.45) is 16.9 Å². The maximum Gasteiger partial charge on any atom is 0.135 e. The van der Waals surface area contributed by atoms with Crippen molar-refractivity contribution in [3.63, 3.8) is 0 Å². The Hall–Kier alpha value is -2.80. The van der Waals surface area contributed by atoms with Crippen molar-refractivity contribution in [1.82, 2.24) is 0 Å². The lowest BCUT2D eigenvalue weighted by atomic mass is 9.65. The van der Waals surface area contributed by atoms with Crippen molar-refractivity contribution in [3.8, 4) is 12.1 Å². The minimum absolute atomic E-state index is 0.0652. The van der Waals surface area contributed by atoms with Gasteiger partial charge < -0.3 is 11.5 Å². The monoisotopic (exact) mass is 376 g/mol. The van der Waals surface area contributed by atoms with Gasteiger partial charge in [-0.1, -0.05) is 84.6 Å². The molecule has 1 heterocycles. The molecule has 0 bridgehead atoms. The Bertz CT molecular complexity index is 941. The first kappa shape index (κ1) is 18.0. The van der Waals surface area contributed by atoms with Gasteiger partial charge in [0.2, 0.25) is 0 Å². The van der Waals surface area contributed by atoms with Gasteiger partial charge in [-0.2, -0.15) is 10.5 Å². The smallest absolute Gasteiger partial charge is 0.135 e. The summed E-state index contributed by atoms with van der Waals surface area (Å²) >= 11 is 6.66. The Morgan fingerprint density at radius 1 is 1.00 bits per heavy atom. The summed E-state index contributed by atoms with van der Waals surface area (Å²) in [7, 11) is 0. The normalized spacial score (nSPS) is 25.2. The second-order valence-corrected chi connectivity index (χ2v) is 7.57. The minimum atomic E-state index is -1.27. The standard InChI is InChI=1S/C20H16N4S2/c21-11-15-16(13-7-3-1-4-8-13)20(12-22,19(24)25)17(26-18(15)23)14-9-5-2-6-10-14/h1-10,16-17H,23H2,(H2,24,25). The topological polar surface area (TPSA) is 99.6 Å². The molecule has 3 rings (SSSR count). The third-order valence-electron chi connectivity index (χ3n) is 4.62. The van der Waals surface area contributed by atoms with E-state index < -0.39 is 16.6 Å².